The number of carbonyl (C=O) groups is 2. The van der Waals surface area contributed by atoms with E-state index in [1.54, 1.807) is 25.4 Å². The molecule has 0 bridgehead atoms. The van der Waals surface area contributed by atoms with E-state index < -0.39 is 0 Å². The minimum Gasteiger partial charge on any atom is -0.347 e. The van der Waals surface area contributed by atoms with E-state index in [0.29, 0.717) is 33.5 Å². The van der Waals surface area contributed by atoms with Crippen LogP contribution in [0.2, 0.25) is 0 Å². The molecule has 2 aromatic heterocycles. The smallest absolute Gasteiger partial charge is 0.263 e. The number of aryl methyl sites for hydroxylation is 1. The highest BCUT2D eigenvalue weighted by Gasteiger charge is 2.20. The fraction of sp³-hybridized carbons (Fsp3) is 0.286. The normalized spacial score (nSPS) is 13.5. The number of hydrogen-bond acceptors (Lipinski definition) is 6. The van der Waals surface area contributed by atoms with E-state index in [4.69, 9.17) is 0 Å². The maximum absolute atomic E-state index is 12.7. The second-order valence-corrected chi connectivity index (χ2v) is 7.89. The molecule has 3 heterocycles. The summed E-state index contributed by atoms with van der Waals surface area (Å²) in [6, 6.07) is 9.17. The largest absolute Gasteiger partial charge is 0.347 e. The molecule has 1 N–H and O–H groups in total. The Kier molecular flexibility index (Phi) is 5.62. The first kappa shape index (κ1) is 19.2. The Morgan fingerprint density at radius 1 is 1.14 bits per heavy atom. The van der Waals surface area contributed by atoms with Crippen LogP contribution in [0.5, 0.6) is 0 Å². The summed E-state index contributed by atoms with van der Waals surface area (Å²) < 4.78 is 0. The number of thiazole rings is 1. The summed E-state index contributed by atoms with van der Waals surface area (Å²) in [7, 11) is 0. The van der Waals surface area contributed by atoms with Crippen LogP contribution in [-0.4, -0.2) is 44.8 Å². The zero-order chi connectivity index (χ0) is 20.2. The quantitative estimate of drug-likeness (QED) is 0.702. The number of carbonyl (C=O) groups excluding carboxylic acids is 2. The first-order valence-corrected chi connectivity index (χ1v) is 10.3. The molecule has 29 heavy (non-hydrogen) atoms. The van der Waals surface area contributed by atoms with Gasteiger partial charge in [0.05, 0.1) is 5.69 Å². The summed E-state index contributed by atoms with van der Waals surface area (Å²) in [5, 5.41) is 3.54. The van der Waals surface area contributed by atoms with Gasteiger partial charge in [-0.1, -0.05) is 12.1 Å². The molecule has 8 heteroatoms. The van der Waals surface area contributed by atoms with Crippen molar-refractivity contribution in [2.75, 3.05) is 13.1 Å². The molecule has 148 valence electrons. The predicted octanol–water partition coefficient (Wildman–Crippen LogP) is 3.07. The fourth-order valence-electron chi connectivity index (χ4n) is 3.29. The van der Waals surface area contributed by atoms with Crippen LogP contribution >= 0.6 is 11.3 Å². The standard InChI is InChI=1S/C21H21N5O2S/c1-14-17(29-20(25-14)18-22-8-5-9-23-18)19(27)24-13-15-6-4-7-16(12-15)21(28)26-10-2-3-11-26/h4-9,12H,2-3,10-11,13H2,1H3,(H,24,27). The molecule has 4 rings (SSSR count). The Bertz CT molecular complexity index is 1030. The molecule has 1 aliphatic heterocycles. The molecular formula is C21H21N5O2S. The number of aromatic nitrogens is 3. The molecule has 0 radical (unpaired) electrons. The van der Waals surface area contributed by atoms with Crippen LogP contribution in [0.4, 0.5) is 0 Å². The predicted molar refractivity (Wildman–Crippen MR) is 111 cm³/mol. The SMILES string of the molecule is Cc1nc(-c2ncccn2)sc1C(=O)NCc1cccc(C(=O)N2CCCC2)c1. The van der Waals surface area contributed by atoms with E-state index in [9.17, 15) is 9.59 Å². The van der Waals surface area contributed by atoms with Gasteiger partial charge >= 0.3 is 0 Å². The van der Waals surface area contributed by atoms with Crippen molar-refractivity contribution in [1.29, 1.82) is 0 Å². The van der Waals surface area contributed by atoms with Gasteiger partial charge in [0.2, 0.25) is 0 Å². The van der Waals surface area contributed by atoms with Crippen molar-refractivity contribution >= 4 is 23.2 Å². The van der Waals surface area contributed by atoms with Crippen molar-refractivity contribution in [2.45, 2.75) is 26.3 Å². The summed E-state index contributed by atoms with van der Waals surface area (Å²) in [6.45, 7) is 3.78. The highest BCUT2D eigenvalue weighted by atomic mass is 32.1. The first-order valence-electron chi connectivity index (χ1n) is 9.53. The third-order valence-electron chi connectivity index (χ3n) is 4.78. The molecule has 1 aliphatic rings. The second kappa shape index (κ2) is 8.48. The average Bonchev–Trinajstić information content (AvgIpc) is 3.42. The highest BCUT2D eigenvalue weighted by molar-refractivity contribution is 7.17. The molecule has 0 aliphatic carbocycles. The van der Waals surface area contributed by atoms with Gasteiger partial charge < -0.3 is 10.2 Å². The molecule has 0 unspecified atom stereocenters. The van der Waals surface area contributed by atoms with Crippen molar-refractivity contribution in [3.05, 3.63) is 64.4 Å². The number of likely N-dealkylation sites (tertiary alicyclic amines) is 1. The molecule has 1 fully saturated rings. The van der Waals surface area contributed by atoms with Crippen LogP contribution in [0.1, 0.15) is 44.1 Å². The van der Waals surface area contributed by atoms with Crippen LogP contribution < -0.4 is 5.32 Å². The third-order valence-corrected chi connectivity index (χ3v) is 5.93. The monoisotopic (exact) mass is 407 g/mol. The lowest BCUT2D eigenvalue weighted by Crippen LogP contribution is -2.28. The summed E-state index contributed by atoms with van der Waals surface area (Å²) in [5.41, 5.74) is 2.20. The molecule has 0 spiro atoms. The Hall–Kier alpha value is -3.13. The lowest BCUT2D eigenvalue weighted by Gasteiger charge is -2.15. The van der Waals surface area contributed by atoms with Gasteiger partial charge in [-0.05, 0) is 43.5 Å². The first-order chi connectivity index (χ1) is 14.1. The molecule has 0 saturated carbocycles. The lowest BCUT2D eigenvalue weighted by atomic mass is 10.1. The summed E-state index contributed by atoms with van der Waals surface area (Å²) in [5.74, 6) is 0.368. The number of hydrogen-bond donors (Lipinski definition) is 1. The number of nitrogens with one attached hydrogen (secondary N) is 1. The van der Waals surface area contributed by atoms with Gasteiger partial charge in [0, 0.05) is 37.6 Å². The zero-order valence-electron chi connectivity index (χ0n) is 16.1. The van der Waals surface area contributed by atoms with E-state index >= 15 is 0 Å². The van der Waals surface area contributed by atoms with Crippen molar-refractivity contribution in [3.8, 4) is 10.8 Å². The van der Waals surface area contributed by atoms with Crippen LogP contribution in [0.15, 0.2) is 42.7 Å². The number of rotatable bonds is 5. The zero-order valence-corrected chi connectivity index (χ0v) is 16.9. The Labute approximate surface area is 172 Å². The third kappa shape index (κ3) is 4.32. The second-order valence-electron chi connectivity index (χ2n) is 6.89. The van der Waals surface area contributed by atoms with Crippen molar-refractivity contribution in [2.24, 2.45) is 0 Å². The Morgan fingerprint density at radius 2 is 1.90 bits per heavy atom. The summed E-state index contributed by atoms with van der Waals surface area (Å²) in [6.07, 6.45) is 5.42. The topological polar surface area (TPSA) is 88.1 Å². The van der Waals surface area contributed by atoms with Gasteiger partial charge in [0.1, 0.15) is 4.88 Å². The lowest BCUT2D eigenvalue weighted by molar-refractivity contribution is 0.0792. The molecular weight excluding hydrogens is 386 g/mol. The van der Waals surface area contributed by atoms with Gasteiger partial charge in [0.25, 0.3) is 11.8 Å². The van der Waals surface area contributed by atoms with Crippen LogP contribution in [0.3, 0.4) is 0 Å². The van der Waals surface area contributed by atoms with Gasteiger partial charge in [-0.25, -0.2) is 15.0 Å². The van der Waals surface area contributed by atoms with E-state index in [-0.39, 0.29) is 11.8 Å². The molecule has 2 amide bonds. The van der Waals surface area contributed by atoms with Gasteiger partial charge in [-0.3, -0.25) is 9.59 Å². The Morgan fingerprint density at radius 3 is 2.66 bits per heavy atom. The molecule has 0 atom stereocenters. The van der Waals surface area contributed by atoms with Gasteiger partial charge in [-0.2, -0.15) is 0 Å². The van der Waals surface area contributed by atoms with E-state index in [1.165, 1.54) is 11.3 Å². The average molecular weight is 407 g/mol. The summed E-state index contributed by atoms with van der Waals surface area (Å²) >= 11 is 1.27. The van der Waals surface area contributed by atoms with Crippen molar-refractivity contribution in [1.82, 2.24) is 25.2 Å². The van der Waals surface area contributed by atoms with E-state index in [2.05, 4.69) is 20.3 Å². The van der Waals surface area contributed by atoms with Crippen molar-refractivity contribution in [3.63, 3.8) is 0 Å². The minimum atomic E-state index is -0.196. The van der Waals surface area contributed by atoms with Gasteiger partial charge in [-0.15, -0.1) is 11.3 Å². The molecule has 1 saturated heterocycles. The highest BCUT2D eigenvalue weighted by Crippen LogP contribution is 2.25. The summed E-state index contributed by atoms with van der Waals surface area (Å²) in [4.78, 5) is 40.4. The van der Waals surface area contributed by atoms with E-state index in [1.807, 2.05) is 29.2 Å². The van der Waals surface area contributed by atoms with Crippen LogP contribution in [0.25, 0.3) is 10.8 Å². The number of benzene rings is 1. The van der Waals surface area contributed by atoms with Crippen molar-refractivity contribution < 1.29 is 9.59 Å². The Balaban J connectivity index is 1.43. The van der Waals surface area contributed by atoms with E-state index in [0.717, 1.165) is 31.5 Å². The molecule has 3 aromatic rings. The number of nitrogens with zero attached hydrogens (tertiary/aromatic N) is 4. The molecule has 7 nitrogen and oxygen atoms in total. The van der Waals surface area contributed by atoms with Gasteiger partial charge in [0.15, 0.2) is 10.8 Å². The van der Waals surface area contributed by atoms with Crippen LogP contribution in [-0.2, 0) is 6.54 Å². The van der Waals surface area contributed by atoms with Crippen LogP contribution in [0, 0.1) is 6.92 Å². The number of amides is 2. The minimum absolute atomic E-state index is 0.0569. The molecule has 1 aromatic carbocycles. The maximum atomic E-state index is 12.7. The maximum Gasteiger partial charge on any atom is 0.263 e. The fourth-order valence-corrected chi connectivity index (χ4v) is 4.22.